The molecular weight excluding hydrogens is 216 g/mol. The molecule has 17 heavy (non-hydrogen) atoms. The summed E-state index contributed by atoms with van der Waals surface area (Å²) in [6.45, 7) is 5.91. The van der Waals surface area contributed by atoms with Crippen molar-refractivity contribution < 1.29 is 4.79 Å². The highest BCUT2D eigenvalue weighted by Gasteiger charge is 2.36. The fourth-order valence-electron chi connectivity index (χ4n) is 2.03. The predicted molar refractivity (Wildman–Crippen MR) is 67.6 cm³/mol. The summed E-state index contributed by atoms with van der Waals surface area (Å²) < 4.78 is 0. The minimum Gasteiger partial charge on any atom is -0.397 e. The first kappa shape index (κ1) is 11.6. The van der Waals surface area contributed by atoms with E-state index < -0.39 is 0 Å². The molecule has 5 heteroatoms. The molecule has 1 atom stereocenters. The van der Waals surface area contributed by atoms with Crippen LogP contribution in [0, 0.1) is 11.8 Å². The minimum absolute atomic E-state index is 0.0187. The Hall–Kier alpha value is -1.91. The standard InChI is InChI=1S/C12H16N4O/c1-7(2)11-8(3)15-16(12(11)17)10-5-4-9(13)6-14-10/h4-7,11H,13H2,1-3H3/t11-/m1/s1. The highest BCUT2D eigenvalue weighted by molar-refractivity contribution is 6.14. The fourth-order valence-corrected chi connectivity index (χ4v) is 2.03. The maximum absolute atomic E-state index is 12.2. The van der Waals surface area contributed by atoms with Crippen molar-refractivity contribution in [2.75, 3.05) is 10.7 Å². The van der Waals surface area contributed by atoms with Gasteiger partial charge in [-0.3, -0.25) is 4.79 Å². The molecule has 2 heterocycles. The van der Waals surface area contributed by atoms with E-state index >= 15 is 0 Å². The lowest BCUT2D eigenvalue weighted by Crippen LogP contribution is -2.30. The normalized spacial score (nSPS) is 20.0. The van der Waals surface area contributed by atoms with E-state index in [-0.39, 0.29) is 17.7 Å². The smallest absolute Gasteiger partial charge is 0.257 e. The van der Waals surface area contributed by atoms with Crippen molar-refractivity contribution >= 4 is 23.1 Å². The van der Waals surface area contributed by atoms with Crippen molar-refractivity contribution in [2.24, 2.45) is 16.9 Å². The molecule has 1 aliphatic heterocycles. The predicted octanol–water partition coefficient (Wildman–Crippen LogP) is 1.66. The molecule has 1 aromatic heterocycles. The Morgan fingerprint density at radius 3 is 2.59 bits per heavy atom. The Labute approximate surface area is 100 Å². The van der Waals surface area contributed by atoms with Crippen LogP contribution >= 0.6 is 0 Å². The van der Waals surface area contributed by atoms with Crippen LogP contribution < -0.4 is 10.7 Å². The molecule has 0 saturated heterocycles. The van der Waals surface area contributed by atoms with Gasteiger partial charge in [-0.05, 0) is 25.0 Å². The van der Waals surface area contributed by atoms with Crippen molar-refractivity contribution in [3.05, 3.63) is 18.3 Å². The number of pyridine rings is 1. The van der Waals surface area contributed by atoms with Gasteiger partial charge in [-0.2, -0.15) is 10.1 Å². The number of hydrazone groups is 1. The molecular formula is C12H16N4O. The largest absolute Gasteiger partial charge is 0.397 e. The zero-order valence-electron chi connectivity index (χ0n) is 10.2. The van der Waals surface area contributed by atoms with E-state index in [9.17, 15) is 4.79 Å². The van der Waals surface area contributed by atoms with Gasteiger partial charge in [-0.15, -0.1) is 0 Å². The lowest BCUT2D eigenvalue weighted by molar-refractivity contribution is -0.120. The number of aromatic nitrogens is 1. The van der Waals surface area contributed by atoms with E-state index in [1.165, 1.54) is 11.2 Å². The van der Waals surface area contributed by atoms with Gasteiger partial charge in [0.2, 0.25) is 0 Å². The number of carbonyl (C=O) groups excluding carboxylic acids is 1. The quantitative estimate of drug-likeness (QED) is 0.842. The molecule has 0 radical (unpaired) electrons. The first-order valence-corrected chi connectivity index (χ1v) is 5.61. The second-order valence-electron chi connectivity index (χ2n) is 4.56. The first-order chi connectivity index (χ1) is 8.00. The van der Waals surface area contributed by atoms with Crippen LogP contribution in [0.5, 0.6) is 0 Å². The number of nitrogen functional groups attached to an aromatic ring is 1. The van der Waals surface area contributed by atoms with E-state index in [1.54, 1.807) is 12.1 Å². The van der Waals surface area contributed by atoms with Crippen LogP contribution in [0.2, 0.25) is 0 Å². The summed E-state index contributed by atoms with van der Waals surface area (Å²) in [7, 11) is 0. The highest BCUT2D eigenvalue weighted by atomic mass is 16.2. The molecule has 0 spiro atoms. The summed E-state index contributed by atoms with van der Waals surface area (Å²) in [5.41, 5.74) is 6.97. The number of nitrogens with zero attached hydrogens (tertiary/aromatic N) is 3. The Morgan fingerprint density at radius 2 is 2.12 bits per heavy atom. The van der Waals surface area contributed by atoms with Crippen LogP contribution in [0.15, 0.2) is 23.4 Å². The van der Waals surface area contributed by atoms with Gasteiger partial charge in [0.05, 0.1) is 17.8 Å². The zero-order valence-corrected chi connectivity index (χ0v) is 10.2. The number of amides is 1. The summed E-state index contributed by atoms with van der Waals surface area (Å²) in [5, 5.41) is 5.63. The van der Waals surface area contributed by atoms with Gasteiger partial charge in [0.15, 0.2) is 5.82 Å². The van der Waals surface area contributed by atoms with Gasteiger partial charge in [0.1, 0.15) is 0 Å². The average Bonchev–Trinajstić information content (AvgIpc) is 2.55. The van der Waals surface area contributed by atoms with Gasteiger partial charge in [-0.1, -0.05) is 13.8 Å². The number of carbonyl (C=O) groups is 1. The second kappa shape index (κ2) is 4.16. The Morgan fingerprint density at radius 1 is 1.41 bits per heavy atom. The molecule has 0 aromatic carbocycles. The molecule has 1 amide bonds. The maximum Gasteiger partial charge on any atom is 0.257 e. The van der Waals surface area contributed by atoms with E-state index in [2.05, 4.69) is 10.1 Å². The summed E-state index contributed by atoms with van der Waals surface area (Å²) >= 11 is 0. The highest BCUT2D eigenvalue weighted by Crippen LogP contribution is 2.26. The van der Waals surface area contributed by atoms with Gasteiger partial charge >= 0.3 is 0 Å². The lowest BCUT2D eigenvalue weighted by atomic mass is 9.92. The summed E-state index contributed by atoms with van der Waals surface area (Å²) in [4.78, 5) is 16.3. The van der Waals surface area contributed by atoms with Gasteiger partial charge in [0, 0.05) is 5.71 Å². The van der Waals surface area contributed by atoms with Crippen LogP contribution in [-0.4, -0.2) is 16.6 Å². The molecule has 1 aliphatic rings. The number of nitrogens with two attached hydrogens (primary N) is 1. The molecule has 0 aliphatic carbocycles. The Balaban J connectivity index is 2.31. The molecule has 90 valence electrons. The molecule has 5 nitrogen and oxygen atoms in total. The van der Waals surface area contributed by atoms with Gasteiger partial charge in [-0.25, -0.2) is 4.98 Å². The van der Waals surface area contributed by atoms with Gasteiger partial charge < -0.3 is 5.73 Å². The molecule has 0 fully saturated rings. The van der Waals surface area contributed by atoms with Crippen molar-refractivity contribution in [2.45, 2.75) is 20.8 Å². The topological polar surface area (TPSA) is 71.6 Å². The molecule has 0 bridgehead atoms. The maximum atomic E-state index is 12.2. The summed E-state index contributed by atoms with van der Waals surface area (Å²) in [6.07, 6.45) is 1.52. The third-order valence-electron chi connectivity index (χ3n) is 2.84. The zero-order chi connectivity index (χ0) is 12.6. The van der Waals surface area contributed by atoms with Crippen LogP contribution in [0.4, 0.5) is 11.5 Å². The molecule has 0 saturated carbocycles. The van der Waals surface area contributed by atoms with Crippen molar-refractivity contribution in [1.29, 1.82) is 0 Å². The number of rotatable bonds is 2. The van der Waals surface area contributed by atoms with E-state index in [1.807, 2.05) is 20.8 Å². The SMILES string of the molecule is CC1=NN(c2ccc(N)cn2)C(=O)[C@@H]1C(C)C. The molecule has 2 rings (SSSR count). The van der Waals surface area contributed by atoms with Crippen LogP contribution in [0.3, 0.4) is 0 Å². The minimum atomic E-state index is -0.144. The summed E-state index contributed by atoms with van der Waals surface area (Å²) in [5.74, 6) is 0.598. The average molecular weight is 232 g/mol. The van der Waals surface area contributed by atoms with Crippen molar-refractivity contribution in [3.63, 3.8) is 0 Å². The van der Waals surface area contributed by atoms with Crippen molar-refractivity contribution in [3.8, 4) is 0 Å². The number of anilines is 2. The monoisotopic (exact) mass is 232 g/mol. The number of hydrogen-bond donors (Lipinski definition) is 1. The second-order valence-corrected chi connectivity index (χ2v) is 4.56. The van der Waals surface area contributed by atoms with Gasteiger partial charge in [0.25, 0.3) is 5.91 Å². The van der Waals surface area contributed by atoms with Crippen molar-refractivity contribution in [1.82, 2.24) is 4.98 Å². The third kappa shape index (κ3) is 2.00. The number of hydrogen-bond acceptors (Lipinski definition) is 4. The summed E-state index contributed by atoms with van der Waals surface area (Å²) in [6, 6.07) is 3.41. The lowest BCUT2D eigenvalue weighted by Gasteiger charge is -2.15. The molecule has 2 N–H and O–H groups in total. The van der Waals surface area contributed by atoms with Crippen LogP contribution in [-0.2, 0) is 4.79 Å². The molecule has 1 aromatic rings. The van der Waals surface area contributed by atoms with E-state index in [4.69, 9.17) is 5.73 Å². The van der Waals surface area contributed by atoms with E-state index in [0.717, 1.165) is 5.71 Å². The Kier molecular flexibility index (Phi) is 2.83. The van der Waals surface area contributed by atoms with E-state index in [0.29, 0.717) is 11.5 Å². The molecule has 0 unspecified atom stereocenters. The fraction of sp³-hybridized carbons (Fsp3) is 0.417. The van der Waals surface area contributed by atoms with Crippen LogP contribution in [0.1, 0.15) is 20.8 Å². The third-order valence-corrected chi connectivity index (χ3v) is 2.84. The van der Waals surface area contributed by atoms with Crippen LogP contribution in [0.25, 0.3) is 0 Å². The Bertz CT molecular complexity index is 464. The first-order valence-electron chi connectivity index (χ1n) is 5.61.